The smallest absolute Gasteiger partial charge is 0.307 e. The summed E-state index contributed by atoms with van der Waals surface area (Å²) < 4.78 is 4.83. The van der Waals surface area contributed by atoms with Gasteiger partial charge in [0, 0.05) is 6.54 Å². The highest BCUT2D eigenvalue weighted by Gasteiger charge is 2.04. The summed E-state index contributed by atoms with van der Waals surface area (Å²) in [4.78, 5) is 11.0. The summed E-state index contributed by atoms with van der Waals surface area (Å²) in [6.07, 6.45) is 7.78. The third kappa shape index (κ3) is 5.57. The number of nitrogens with one attached hydrogen (secondary N) is 1. The molecule has 3 nitrogen and oxygen atoms in total. The molecular formula is C12H21NO2. The van der Waals surface area contributed by atoms with Crippen LogP contribution in [0.5, 0.6) is 0 Å². The van der Waals surface area contributed by atoms with Gasteiger partial charge in [0.2, 0.25) is 0 Å². The first-order valence-electron chi connectivity index (χ1n) is 5.87. The van der Waals surface area contributed by atoms with E-state index in [9.17, 15) is 4.79 Å². The van der Waals surface area contributed by atoms with Crippen molar-refractivity contribution in [2.24, 2.45) is 0 Å². The molecular weight excluding hydrogens is 190 g/mol. The molecule has 15 heavy (non-hydrogen) atoms. The number of carbonyl (C=O) groups excluding carboxylic acids is 1. The zero-order valence-electron chi connectivity index (χ0n) is 9.55. The Morgan fingerprint density at radius 2 is 2.40 bits per heavy atom. The average Bonchev–Trinajstić information content (AvgIpc) is 2.70. The van der Waals surface area contributed by atoms with Gasteiger partial charge in [0.15, 0.2) is 0 Å². The first kappa shape index (κ1) is 12.2. The van der Waals surface area contributed by atoms with Crippen LogP contribution in [0, 0.1) is 0 Å². The Balaban J connectivity index is 1.90. The van der Waals surface area contributed by atoms with E-state index in [1.165, 1.54) is 19.3 Å². The lowest BCUT2D eigenvalue weighted by molar-refractivity contribution is -0.142. The summed E-state index contributed by atoms with van der Waals surface area (Å²) in [5, 5.41) is 3.26. The van der Waals surface area contributed by atoms with E-state index < -0.39 is 0 Å². The molecule has 0 amide bonds. The van der Waals surface area contributed by atoms with Crippen molar-refractivity contribution in [2.75, 3.05) is 19.7 Å². The maximum absolute atomic E-state index is 11.0. The molecule has 0 aromatic carbocycles. The van der Waals surface area contributed by atoms with Crippen molar-refractivity contribution >= 4 is 5.97 Å². The van der Waals surface area contributed by atoms with Gasteiger partial charge in [-0.25, -0.2) is 0 Å². The van der Waals surface area contributed by atoms with Crippen molar-refractivity contribution in [3.05, 3.63) is 11.6 Å². The zero-order chi connectivity index (χ0) is 10.9. The minimum absolute atomic E-state index is 0.106. The Kier molecular flexibility index (Phi) is 6.09. The first-order valence-corrected chi connectivity index (χ1v) is 5.87. The highest BCUT2D eigenvalue weighted by molar-refractivity contribution is 5.69. The van der Waals surface area contributed by atoms with Gasteiger partial charge in [-0.3, -0.25) is 4.79 Å². The van der Waals surface area contributed by atoms with E-state index in [4.69, 9.17) is 4.74 Å². The lowest BCUT2D eigenvalue weighted by Gasteiger charge is -2.05. The SMILES string of the molecule is CCOC(=O)CCNCCC1=CCCC1. The minimum atomic E-state index is -0.106. The lowest BCUT2D eigenvalue weighted by atomic mass is 10.2. The fraction of sp³-hybridized carbons (Fsp3) is 0.750. The van der Waals surface area contributed by atoms with Gasteiger partial charge in [0.25, 0.3) is 0 Å². The summed E-state index contributed by atoms with van der Waals surface area (Å²) in [6, 6.07) is 0. The van der Waals surface area contributed by atoms with E-state index in [0.29, 0.717) is 13.0 Å². The van der Waals surface area contributed by atoms with Crippen molar-refractivity contribution in [1.82, 2.24) is 5.32 Å². The van der Waals surface area contributed by atoms with Gasteiger partial charge in [0.05, 0.1) is 13.0 Å². The second kappa shape index (κ2) is 7.46. The molecule has 0 radical (unpaired) electrons. The van der Waals surface area contributed by atoms with Gasteiger partial charge in [0.1, 0.15) is 0 Å². The summed E-state index contributed by atoms with van der Waals surface area (Å²) in [6.45, 7) is 4.01. The largest absolute Gasteiger partial charge is 0.466 e. The van der Waals surface area contributed by atoms with Crippen LogP contribution < -0.4 is 5.32 Å². The third-order valence-corrected chi connectivity index (χ3v) is 2.57. The standard InChI is InChI=1S/C12H21NO2/c1-2-15-12(14)8-10-13-9-7-11-5-3-4-6-11/h5,13H,2-4,6-10H2,1H3. The van der Waals surface area contributed by atoms with Gasteiger partial charge in [-0.05, 0) is 39.2 Å². The number of carbonyl (C=O) groups is 1. The zero-order valence-corrected chi connectivity index (χ0v) is 9.55. The first-order chi connectivity index (χ1) is 7.33. The third-order valence-electron chi connectivity index (χ3n) is 2.57. The fourth-order valence-corrected chi connectivity index (χ4v) is 1.76. The molecule has 0 atom stereocenters. The van der Waals surface area contributed by atoms with Crippen LogP contribution in [0.15, 0.2) is 11.6 Å². The molecule has 86 valence electrons. The van der Waals surface area contributed by atoms with E-state index in [1.54, 1.807) is 5.57 Å². The second-order valence-electron chi connectivity index (χ2n) is 3.81. The van der Waals surface area contributed by atoms with E-state index in [-0.39, 0.29) is 5.97 Å². The van der Waals surface area contributed by atoms with Crippen molar-refractivity contribution < 1.29 is 9.53 Å². The Morgan fingerprint density at radius 1 is 1.53 bits per heavy atom. The van der Waals surface area contributed by atoms with E-state index in [2.05, 4.69) is 11.4 Å². The van der Waals surface area contributed by atoms with Crippen molar-refractivity contribution in [3.63, 3.8) is 0 Å². The highest BCUT2D eigenvalue weighted by atomic mass is 16.5. The summed E-state index contributed by atoms with van der Waals surface area (Å²) in [7, 11) is 0. The molecule has 0 saturated heterocycles. The number of ether oxygens (including phenoxy) is 1. The number of allylic oxidation sites excluding steroid dienone is 1. The molecule has 0 fully saturated rings. The van der Waals surface area contributed by atoms with Crippen LogP contribution in [0.2, 0.25) is 0 Å². The van der Waals surface area contributed by atoms with Crippen LogP contribution in [-0.2, 0) is 9.53 Å². The molecule has 0 spiro atoms. The van der Waals surface area contributed by atoms with Crippen molar-refractivity contribution in [3.8, 4) is 0 Å². The normalized spacial score (nSPS) is 15.1. The van der Waals surface area contributed by atoms with E-state index in [1.807, 2.05) is 6.92 Å². The molecule has 0 aromatic rings. The Labute approximate surface area is 91.9 Å². The molecule has 1 N–H and O–H groups in total. The molecule has 1 aliphatic rings. The molecule has 0 unspecified atom stereocenters. The average molecular weight is 211 g/mol. The van der Waals surface area contributed by atoms with Crippen LogP contribution in [0.1, 0.15) is 39.0 Å². The number of rotatable bonds is 7. The van der Waals surface area contributed by atoms with Crippen molar-refractivity contribution in [1.29, 1.82) is 0 Å². The Morgan fingerprint density at radius 3 is 3.07 bits per heavy atom. The topological polar surface area (TPSA) is 38.3 Å². The Bertz CT molecular complexity index is 224. The minimum Gasteiger partial charge on any atom is -0.466 e. The second-order valence-corrected chi connectivity index (χ2v) is 3.81. The van der Waals surface area contributed by atoms with Crippen LogP contribution in [0.4, 0.5) is 0 Å². The number of hydrogen-bond acceptors (Lipinski definition) is 3. The molecule has 0 saturated carbocycles. The summed E-state index contributed by atoms with van der Waals surface area (Å²) in [5.41, 5.74) is 1.57. The van der Waals surface area contributed by atoms with Crippen molar-refractivity contribution in [2.45, 2.75) is 39.0 Å². The van der Waals surface area contributed by atoms with Crippen LogP contribution in [0.3, 0.4) is 0 Å². The molecule has 3 heteroatoms. The monoisotopic (exact) mass is 211 g/mol. The predicted molar refractivity (Wildman–Crippen MR) is 60.7 cm³/mol. The van der Waals surface area contributed by atoms with Crippen LogP contribution in [-0.4, -0.2) is 25.7 Å². The summed E-state index contributed by atoms with van der Waals surface area (Å²) >= 11 is 0. The molecule has 1 rings (SSSR count). The van der Waals surface area contributed by atoms with E-state index >= 15 is 0 Å². The molecule has 0 aromatic heterocycles. The molecule has 1 aliphatic carbocycles. The number of esters is 1. The molecule has 0 bridgehead atoms. The van der Waals surface area contributed by atoms with Gasteiger partial charge in [-0.2, -0.15) is 0 Å². The number of hydrogen-bond donors (Lipinski definition) is 1. The fourth-order valence-electron chi connectivity index (χ4n) is 1.76. The predicted octanol–water partition coefficient (Wildman–Crippen LogP) is 2.03. The maximum Gasteiger partial charge on any atom is 0.307 e. The maximum atomic E-state index is 11.0. The van der Waals surface area contributed by atoms with Crippen LogP contribution in [0.25, 0.3) is 0 Å². The van der Waals surface area contributed by atoms with Gasteiger partial charge in [-0.1, -0.05) is 11.6 Å². The lowest BCUT2D eigenvalue weighted by Crippen LogP contribution is -2.20. The molecule has 0 aliphatic heterocycles. The van der Waals surface area contributed by atoms with Gasteiger partial charge < -0.3 is 10.1 Å². The Hall–Kier alpha value is -0.830. The summed E-state index contributed by atoms with van der Waals surface area (Å²) in [5.74, 6) is -0.106. The van der Waals surface area contributed by atoms with Gasteiger partial charge in [-0.15, -0.1) is 0 Å². The van der Waals surface area contributed by atoms with Gasteiger partial charge >= 0.3 is 5.97 Å². The highest BCUT2D eigenvalue weighted by Crippen LogP contribution is 2.19. The van der Waals surface area contributed by atoms with Crippen LogP contribution >= 0.6 is 0 Å². The van der Waals surface area contributed by atoms with E-state index in [0.717, 1.165) is 19.5 Å². The molecule has 0 heterocycles. The quantitative estimate of drug-likeness (QED) is 0.398.